The molecule has 1 aromatic carbocycles. The molecule has 0 atom stereocenters. The predicted octanol–water partition coefficient (Wildman–Crippen LogP) is 1.36. The number of aryl methyl sites for hydroxylation is 1. The van der Waals surface area contributed by atoms with Crippen molar-refractivity contribution in [1.29, 1.82) is 0 Å². The van der Waals surface area contributed by atoms with Gasteiger partial charge < -0.3 is 4.90 Å². The Hall–Kier alpha value is -2.37. The van der Waals surface area contributed by atoms with Crippen molar-refractivity contribution in [3.8, 4) is 0 Å². The summed E-state index contributed by atoms with van der Waals surface area (Å²) in [5.74, 6) is 0.612. The van der Waals surface area contributed by atoms with Gasteiger partial charge >= 0.3 is 5.69 Å². The summed E-state index contributed by atoms with van der Waals surface area (Å²) in [6, 6.07) is 8.68. The number of nitrogens with zero attached hydrogens (tertiary/aromatic N) is 3. The summed E-state index contributed by atoms with van der Waals surface area (Å²) < 4.78 is 1.31. The number of aromatic nitrogens is 3. The fraction of sp³-hybridized carbons (Fsp3) is 0.471. The Kier molecular flexibility index (Phi) is 4.60. The van der Waals surface area contributed by atoms with E-state index in [-0.39, 0.29) is 18.1 Å². The van der Waals surface area contributed by atoms with E-state index in [0.29, 0.717) is 5.92 Å². The number of amides is 1. The summed E-state index contributed by atoms with van der Waals surface area (Å²) in [4.78, 5) is 25.5. The van der Waals surface area contributed by atoms with Crippen LogP contribution in [0.5, 0.6) is 0 Å². The van der Waals surface area contributed by atoms with Crippen LogP contribution in [-0.2, 0) is 17.8 Å². The first-order valence-corrected chi connectivity index (χ1v) is 8.05. The quantitative estimate of drug-likeness (QED) is 0.926. The Balaban J connectivity index is 1.50. The monoisotopic (exact) mass is 314 g/mol. The minimum absolute atomic E-state index is 0.0118. The van der Waals surface area contributed by atoms with Crippen molar-refractivity contribution in [2.24, 2.45) is 5.92 Å². The molecule has 1 saturated heterocycles. The minimum Gasteiger partial charge on any atom is -0.341 e. The molecule has 0 spiro atoms. The fourth-order valence-electron chi connectivity index (χ4n) is 3.07. The number of H-pyrrole nitrogens is 1. The zero-order valence-electron chi connectivity index (χ0n) is 13.4. The third kappa shape index (κ3) is 3.88. The smallest absolute Gasteiger partial charge is 0.341 e. The highest BCUT2D eigenvalue weighted by Gasteiger charge is 2.23. The van der Waals surface area contributed by atoms with Crippen LogP contribution in [0.3, 0.4) is 0 Å². The first-order chi connectivity index (χ1) is 11.1. The first-order valence-electron chi connectivity index (χ1n) is 8.05. The van der Waals surface area contributed by atoms with Crippen LogP contribution < -0.4 is 5.69 Å². The molecule has 6 heteroatoms. The number of benzene rings is 1. The van der Waals surface area contributed by atoms with Gasteiger partial charge in [0.1, 0.15) is 12.9 Å². The number of hydrogen-bond acceptors (Lipinski definition) is 3. The molecule has 23 heavy (non-hydrogen) atoms. The van der Waals surface area contributed by atoms with Crippen LogP contribution in [0, 0.1) is 12.8 Å². The van der Waals surface area contributed by atoms with Gasteiger partial charge in [-0.3, -0.25) is 9.36 Å². The molecule has 0 unspecified atom stereocenters. The first kappa shape index (κ1) is 15.5. The van der Waals surface area contributed by atoms with Gasteiger partial charge in [-0.2, -0.15) is 5.10 Å². The van der Waals surface area contributed by atoms with Crippen molar-refractivity contribution in [3.63, 3.8) is 0 Å². The van der Waals surface area contributed by atoms with Crippen molar-refractivity contribution in [1.82, 2.24) is 19.7 Å². The summed E-state index contributed by atoms with van der Waals surface area (Å²) >= 11 is 0. The number of rotatable bonds is 4. The number of nitrogens with one attached hydrogen (secondary N) is 1. The topological polar surface area (TPSA) is 71.0 Å². The number of aromatic amines is 1. The predicted molar refractivity (Wildman–Crippen MR) is 87.0 cm³/mol. The Labute approximate surface area is 135 Å². The van der Waals surface area contributed by atoms with E-state index in [1.807, 2.05) is 4.90 Å². The van der Waals surface area contributed by atoms with Gasteiger partial charge in [0.15, 0.2) is 0 Å². The van der Waals surface area contributed by atoms with Crippen LogP contribution in [0.2, 0.25) is 0 Å². The van der Waals surface area contributed by atoms with Crippen molar-refractivity contribution < 1.29 is 4.79 Å². The standard InChI is InChI=1S/C17H22N4O2/c1-13-2-4-14(5-3-13)10-15-6-8-20(9-7-15)16(22)11-21-12-18-19-17(21)23/h2-5,12,15H,6-11H2,1H3,(H,19,23). The molecule has 2 aromatic rings. The average molecular weight is 314 g/mol. The van der Waals surface area contributed by atoms with Crippen LogP contribution in [0.25, 0.3) is 0 Å². The van der Waals surface area contributed by atoms with Gasteiger partial charge in [-0.1, -0.05) is 29.8 Å². The molecule has 0 bridgehead atoms. The normalized spacial score (nSPS) is 15.8. The van der Waals surface area contributed by atoms with E-state index in [1.165, 1.54) is 22.0 Å². The maximum Gasteiger partial charge on any atom is 0.343 e. The highest BCUT2D eigenvalue weighted by Crippen LogP contribution is 2.22. The lowest BCUT2D eigenvalue weighted by Gasteiger charge is -2.32. The zero-order chi connectivity index (χ0) is 16.2. The molecular formula is C17H22N4O2. The molecule has 1 aliphatic rings. The Morgan fingerprint density at radius 1 is 1.26 bits per heavy atom. The molecule has 122 valence electrons. The molecule has 0 aliphatic carbocycles. The molecule has 1 N–H and O–H groups in total. The average Bonchev–Trinajstić information content (AvgIpc) is 2.95. The number of carbonyl (C=O) groups is 1. The van der Waals surface area contributed by atoms with E-state index in [2.05, 4.69) is 41.4 Å². The van der Waals surface area contributed by atoms with Crippen molar-refractivity contribution in [2.75, 3.05) is 13.1 Å². The second-order valence-electron chi connectivity index (χ2n) is 6.30. The van der Waals surface area contributed by atoms with Gasteiger partial charge in [0, 0.05) is 13.1 Å². The van der Waals surface area contributed by atoms with Crippen LogP contribution >= 0.6 is 0 Å². The summed E-state index contributed by atoms with van der Waals surface area (Å²) in [7, 11) is 0. The second-order valence-corrected chi connectivity index (χ2v) is 6.30. The summed E-state index contributed by atoms with van der Waals surface area (Å²) in [6.07, 6.45) is 4.47. The molecule has 6 nitrogen and oxygen atoms in total. The highest BCUT2D eigenvalue weighted by atomic mass is 16.2. The maximum atomic E-state index is 12.2. The van der Waals surface area contributed by atoms with Crippen LogP contribution in [0.4, 0.5) is 0 Å². The third-order valence-corrected chi connectivity index (χ3v) is 4.54. The lowest BCUT2D eigenvalue weighted by Crippen LogP contribution is -2.41. The number of hydrogen-bond donors (Lipinski definition) is 1. The molecule has 1 aromatic heterocycles. The third-order valence-electron chi connectivity index (χ3n) is 4.54. The molecule has 3 rings (SSSR count). The van der Waals surface area contributed by atoms with Gasteiger partial charge in [-0.05, 0) is 37.7 Å². The summed E-state index contributed by atoms with van der Waals surface area (Å²) in [6.45, 7) is 3.70. The summed E-state index contributed by atoms with van der Waals surface area (Å²) in [5, 5.41) is 5.94. The van der Waals surface area contributed by atoms with E-state index < -0.39 is 0 Å². The van der Waals surface area contributed by atoms with Gasteiger partial charge in [-0.25, -0.2) is 9.89 Å². The maximum absolute atomic E-state index is 12.2. The molecule has 1 aliphatic heterocycles. The summed E-state index contributed by atoms with van der Waals surface area (Å²) in [5.41, 5.74) is 2.31. The number of piperidine rings is 1. The molecule has 1 fully saturated rings. The van der Waals surface area contributed by atoms with E-state index in [0.717, 1.165) is 32.4 Å². The minimum atomic E-state index is -0.340. The molecule has 1 amide bonds. The lowest BCUT2D eigenvalue weighted by molar-refractivity contribution is -0.133. The molecule has 0 saturated carbocycles. The van der Waals surface area contributed by atoms with Crippen molar-refractivity contribution in [2.45, 2.75) is 32.7 Å². The van der Waals surface area contributed by atoms with E-state index >= 15 is 0 Å². The number of carbonyl (C=O) groups excluding carboxylic acids is 1. The van der Waals surface area contributed by atoms with Gasteiger partial charge in [0.2, 0.25) is 5.91 Å². The van der Waals surface area contributed by atoms with Crippen molar-refractivity contribution in [3.05, 3.63) is 52.2 Å². The van der Waals surface area contributed by atoms with Crippen molar-refractivity contribution >= 4 is 5.91 Å². The van der Waals surface area contributed by atoms with Crippen LogP contribution in [0.15, 0.2) is 35.4 Å². The van der Waals surface area contributed by atoms with Crippen LogP contribution in [-0.4, -0.2) is 38.7 Å². The Bertz CT molecular complexity index is 709. The Morgan fingerprint density at radius 3 is 2.57 bits per heavy atom. The van der Waals surface area contributed by atoms with Crippen LogP contribution in [0.1, 0.15) is 24.0 Å². The van der Waals surface area contributed by atoms with Gasteiger partial charge in [0.05, 0.1) is 0 Å². The lowest BCUT2D eigenvalue weighted by atomic mass is 9.90. The zero-order valence-corrected chi connectivity index (χ0v) is 13.4. The Morgan fingerprint density at radius 2 is 1.96 bits per heavy atom. The SMILES string of the molecule is Cc1ccc(CC2CCN(C(=O)Cn3cn[nH]c3=O)CC2)cc1. The van der Waals surface area contributed by atoms with E-state index in [1.54, 1.807) is 0 Å². The van der Waals surface area contributed by atoms with Gasteiger partial charge in [0.25, 0.3) is 0 Å². The highest BCUT2D eigenvalue weighted by molar-refractivity contribution is 5.76. The number of likely N-dealkylation sites (tertiary alicyclic amines) is 1. The molecule has 2 heterocycles. The van der Waals surface area contributed by atoms with E-state index in [9.17, 15) is 9.59 Å². The molecular weight excluding hydrogens is 292 g/mol. The van der Waals surface area contributed by atoms with Gasteiger partial charge in [-0.15, -0.1) is 0 Å². The fourth-order valence-corrected chi connectivity index (χ4v) is 3.07. The second kappa shape index (κ2) is 6.81. The molecule has 0 radical (unpaired) electrons. The van der Waals surface area contributed by atoms with E-state index in [4.69, 9.17) is 0 Å². The largest absolute Gasteiger partial charge is 0.343 e.